The molecular formula is C18H25N3O2. The number of rotatable bonds is 4. The number of fused-ring (bicyclic) bond motifs is 1. The van der Waals surface area contributed by atoms with Gasteiger partial charge in [-0.1, -0.05) is 20.8 Å². The molecule has 2 fully saturated rings. The lowest BCUT2D eigenvalue weighted by atomic mass is 10.0. The Balaban J connectivity index is 1.65. The second kappa shape index (κ2) is 6.30. The summed E-state index contributed by atoms with van der Waals surface area (Å²) in [5.41, 5.74) is 1.60. The van der Waals surface area contributed by atoms with Crippen LogP contribution in [0.4, 0.5) is 0 Å². The number of hydrogen-bond donors (Lipinski definition) is 0. The first kappa shape index (κ1) is 16.0. The third kappa shape index (κ3) is 3.09. The van der Waals surface area contributed by atoms with Gasteiger partial charge in [0.15, 0.2) is 0 Å². The normalized spacial score (nSPS) is 23.7. The van der Waals surface area contributed by atoms with Gasteiger partial charge in [0.05, 0.1) is 11.5 Å². The second-order valence-corrected chi connectivity index (χ2v) is 7.11. The van der Waals surface area contributed by atoms with Crippen LogP contribution in [0.2, 0.25) is 0 Å². The standard InChI is InChI=1S/C18H25N3O2/c1-4-15-6-5-13(7-19-15)17(22)21-10-14-9-20(8-12(2)3)18(23)16(14)11-21/h5-7,12,14,16H,4,8-11H2,1-3H3/t14-,16+/m1/s1. The number of aryl methyl sites for hydroxylation is 1. The number of aromatic nitrogens is 1. The van der Waals surface area contributed by atoms with Crippen LogP contribution in [-0.4, -0.2) is 52.8 Å². The molecule has 23 heavy (non-hydrogen) atoms. The Bertz CT molecular complexity index is 597. The van der Waals surface area contributed by atoms with Crippen molar-refractivity contribution in [2.75, 3.05) is 26.2 Å². The van der Waals surface area contributed by atoms with Crippen LogP contribution in [-0.2, 0) is 11.2 Å². The lowest BCUT2D eigenvalue weighted by Gasteiger charge is -2.23. The van der Waals surface area contributed by atoms with Crippen LogP contribution in [0.1, 0.15) is 36.8 Å². The topological polar surface area (TPSA) is 53.5 Å². The quantitative estimate of drug-likeness (QED) is 0.852. The van der Waals surface area contributed by atoms with Crippen molar-refractivity contribution in [1.82, 2.24) is 14.8 Å². The summed E-state index contributed by atoms with van der Waals surface area (Å²) in [5, 5.41) is 0. The van der Waals surface area contributed by atoms with Gasteiger partial charge in [0.1, 0.15) is 0 Å². The van der Waals surface area contributed by atoms with Gasteiger partial charge in [0, 0.05) is 44.0 Å². The molecule has 0 aliphatic carbocycles. The molecule has 0 radical (unpaired) electrons. The summed E-state index contributed by atoms with van der Waals surface area (Å²) in [4.78, 5) is 33.2. The van der Waals surface area contributed by atoms with E-state index in [0.717, 1.165) is 25.2 Å². The third-order valence-corrected chi connectivity index (χ3v) is 4.83. The summed E-state index contributed by atoms with van der Waals surface area (Å²) in [6.07, 6.45) is 2.52. The summed E-state index contributed by atoms with van der Waals surface area (Å²) >= 11 is 0. The van der Waals surface area contributed by atoms with E-state index in [2.05, 4.69) is 18.8 Å². The number of carbonyl (C=O) groups excluding carboxylic acids is 2. The number of nitrogens with zero attached hydrogens (tertiary/aromatic N) is 3. The summed E-state index contributed by atoms with van der Waals surface area (Å²) in [6.45, 7) is 9.14. The van der Waals surface area contributed by atoms with E-state index in [4.69, 9.17) is 0 Å². The average molecular weight is 315 g/mol. The van der Waals surface area contributed by atoms with E-state index in [-0.39, 0.29) is 23.7 Å². The maximum absolute atomic E-state index is 12.6. The number of amides is 2. The van der Waals surface area contributed by atoms with Crippen molar-refractivity contribution in [2.45, 2.75) is 27.2 Å². The molecule has 2 amide bonds. The summed E-state index contributed by atoms with van der Waals surface area (Å²) in [5.74, 6) is 0.975. The van der Waals surface area contributed by atoms with Gasteiger partial charge >= 0.3 is 0 Å². The van der Waals surface area contributed by atoms with Gasteiger partial charge in [0.2, 0.25) is 5.91 Å². The highest BCUT2D eigenvalue weighted by molar-refractivity contribution is 5.95. The van der Waals surface area contributed by atoms with Crippen molar-refractivity contribution in [1.29, 1.82) is 0 Å². The van der Waals surface area contributed by atoms with Gasteiger partial charge in [0.25, 0.3) is 5.91 Å². The molecule has 0 N–H and O–H groups in total. The van der Waals surface area contributed by atoms with E-state index in [0.29, 0.717) is 24.6 Å². The summed E-state index contributed by atoms with van der Waals surface area (Å²) in [7, 11) is 0. The van der Waals surface area contributed by atoms with Crippen LogP contribution in [0, 0.1) is 17.8 Å². The van der Waals surface area contributed by atoms with Crippen molar-refractivity contribution in [2.24, 2.45) is 17.8 Å². The Labute approximate surface area is 137 Å². The second-order valence-electron chi connectivity index (χ2n) is 7.11. The summed E-state index contributed by atoms with van der Waals surface area (Å²) in [6, 6.07) is 3.74. The molecule has 1 aromatic heterocycles. The zero-order valence-electron chi connectivity index (χ0n) is 14.2. The minimum atomic E-state index is -0.0134. The van der Waals surface area contributed by atoms with Gasteiger partial charge in [-0.05, 0) is 24.5 Å². The molecule has 0 aromatic carbocycles. The van der Waals surface area contributed by atoms with Gasteiger partial charge in [-0.15, -0.1) is 0 Å². The van der Waals surface area contributed by atoms with Crippen LogP contribution in [0.25, 0.3) is 0 Å². The molecular weight excluding hydrogens is 290 g/mol. The number of likely N-dealkylation sites (tertiary alicyclic amines) is 2. The third-order valence-electron chi connectivity index (χ3n) is 4.83. The monoisotopic (exact) mass is 315 g/mol. The van der Waals surface area contributed by atoms with Crippen LogP contribution in [0.15, 0.2) is 18.3 Å². The fraction of sp³-hybridized carbons (Fsp3) is 0.611. The van der Waals surface area contributed by atoms with Crippen LogP contribution in [0.3, 0.4) is 0 Å². The van der Waals surface area contributed by atoms with E-state index in [1.807, 2.05) is 28.9 Å². The molecule has 5 nitrogen and oxygen atoms in total. The highest BCUT2D eigenvalue weighted by atomic mass is 16.2. The van der Waals surface area contributed by atoms with E-state index in [1.54, 1.807) is 6.20 Å². The predicted octanol–water partition coefficient (Wildman–Crippen LogP) is 1.83. The predicted molar refractivity (Wildman–Crippen MR) is 87.9 cm³/mol. The number of hydrogen-bond acceptors (Lipinski definition) is 3. The minimum absolute atomic E-state index is 0.00207. The van der Waals surface area contributed by atoms with Crippen LogP contribution >= 0.6 is 0 Å². The SMILES string of the molecule is CCc1ccc(C(=O)N2C[C@H]3CN(CC(C)C)C(=O)[C@H]3C2)cn1. The average Bonchev–Trinajstić information content (AvgIpc) is 3.07. The minimum Gasteiger partial charge on any atom is -0.342 e. The van der Waals surface area contributed by atoms with Gasteiger partial charge in [-0.25, -0.2) is 0 Å². The smallest absolute Gasteiger partial charge is 0.255 e. The number of pyridine rings is 1. The Kier molecular flexibility index (Phi) is 4.37. The molecule has 0 unspecified atom stereocenters. The van der Waals surface area contributed by atoms with Crippen molar-refractivity contribution < 1.29 is 9.59 Å². The first-order valence-electron chi connectivity index (χ1n) is 8.52. The van der Waals surface area contributed by atoms with Gasteiger partial charge < -0.3 is 9.80 Å². The van der Waals surface area contributed by atoms with Crippen molar-refractivity contribution in [3.05, 3.63) is 29.6 Å². The molecule has 0 spiro atoms. The molecule has 0 saturated carbocycles. The van der Waals surface area contributed by atoms with Crippen molar-refractivity contribution in [3.63, 3.8) is 0 Å². The molecule has 0 bridgehead atoms. The molecule has 3 heterocycles. The maximum atomic E-state index is 12.6. The highest BCUT2D eigenvalue weighted by Crippen LogP contribution is 2.33. The molecule has 3 rings (SSSR count). The molecule has 124 valence electrons. The van der Waals surface area contributed by atoms with Gasteiger partial charge in [-0.3, -0.25) is 14.6 Å². The van der Waals surface area contributed by atoms with Crippen LogP contribution in [0.5, 0.6) is 0 Å². The fourth-order valence-electron chi connectivity index (χ4n) is 3.66. The molecule has 5 heteroatoms. The van der Waals surface area contributed by atoms with Crippen molar-refractivity contribution >= 4 is 11.8 Å². The Hall–Kier alpha value is -1.91. The lowest BCUT2D eigenvalue weighted by Crippen LogP contribution is -2.37. The number of carbonyl (C=O) groups is 2. The molecule has 2 atom stereocenters. The maximum Gasteiger partial charge on any atom is 0.255 e. The Morgan fingerprint density at radius 3 is 2.65 bits per heavy atom. The van der Waals surface area contributed by atoms with Crippen LogP contribution < -0.4 is 0 Å². The Morgan fingerprint density at radius 1 is 1.30 bits per heavy atom. The first-order chi connectivity index (χ1) is 11.0. The van der Waals surface area contributed by atoms with Crippen molar-refractivity contribution in [3.8, 4) is 0 Å². The molecule has 2 aliphatic rings. The fourth-order valence-corrected chi connectivity index (χ4v) is 3.66. The zero-order chi connectivity index (χ0) is 16.6. The molecule has 1 aromatic rings. The molecule has 2 saturated heterocycles. The van der Waals surface area contributed by atoms with E-state index in [9.17, 15) is 9.59 Å². The first-order valence-corrected chi connectivity index (χ1v) is 8.52. The summed E-state index contributed by atoms with van der Waals surface area (Å²) < 4.78 is 0. The lowest BCUT2D eigenvalue weighted by molar-refractivity contribution is -0.131. The van der Waals surface area contributed by atoms with E-state index in [1.165, 1.54) is 0 Å². The van der Waals surface area contributed by atoms with Gasteiger partial charge in [-0.2, -0.15) is 0 Å². The van der Waals surface area contributed by atoms with E-state index < -0.39 is 0 Å². The Morgan fingerprint density at radius 2 is 2.09 bits per heavy atom. The highest BCUT2D eigenvalue weighted by Gasteiger charge is 2.47. The zero-order valence-corrected chi connectivity index (χ0v) is 14.2. The van der Waals surface area contributed by atoms with E-state index >= 15 is 0 Å². The largest absolute Gasteiger partial charge is 0.342 e. The molecule has 2 aliphatic heterocycles.